The summed E-state index contributed by atoms with van der Waals surface area (Å²) in [5, 5.41) is 10.6. The molecule has 3 heterocycles. The van der Waals surface area contributed by atoms with Crippen LogP contribution in [0.3, 0.4) is 0 Å². The number of carbonyl (C=O) groups is 1. The molecule has 4 aromatic rings. The fourth-order valence-corrected chi connectivity index (χ4v) is 5.66. The van der Waals surface area contributed by atoms with Gasteiger partial charge in [-0.05, 0) is 12.1 Å². The van der Waals surface area contributed by atoms with Gasteiger partial charge in [-0.2, -0.15) is 0 Å². The maximum absolute atomic E-state index is 13.2. The quantitative estimate of drug-likeness (QED) is 0.413. The first-order chi connectivity index (χ1) is 13.9. The van der Waals surface area contributed by atoms with Crippen LogP contribution in [-0.4, -0.2) is 37.2 Å². The van der Waals surface area contributed by atoms with Crippen molar-refractivity contribution >= 4 is 53.8 Å². The van der Waals surface area contributed by atoms with Crippen molar-refractivity contribution in [1.29, 1.82) is 0 Å². The Labute approximate surface area is 172 Å². The van der Waals surface area contributed by atoms with Gasteiger partial charge in [0.2, 0.25) is 11.5 Å². The van der Waals surface area contributed by atoms with Crippen LogP contribution in [-0.2, 0) is 0 Å². The van der Waals surface area contributed by atoms with E-state index in [2.05, 4.69) is 4.98 Å². The van der Waals surface area contributed by atoms with Gasteiger partial charge in [0.25, 0.3) is 5.56 Å². The number of thiophene rings is 2. The number of nitrogen functional groups attached to an aromatic ring is 1. The van der Waals surface area contributed by atoms with Crippen LogP contribution < -0.4 is 25.5 Å². The van der Waals surface area contributed by atoms with Gasteiger partial charge in [-0.1, -0.05) is 0 Å². The Hall–Kier alpha value is -3.24. The first-order valence-corrected chi connectivity index (χ1v) is 9.94. The summed E-state index contributed by atoms with van der Waals surface area (Å²) in [5.74, 6) is 0.657. The summed E-state index contributed by atoms with van der Waals surface area (Å²) in [5.41, 5.74) is 6.83. The number of aromatic hydroxyl groups is 1. The van der Waals surface area contributed by atoms with E-state index in [1.807, 2.05) is 0 Å². The third-order valence-corrected chi connectivity index (χ3v) is 6.97. The number of hydrogen-bond donors (Lipinski definition) is 3. The fraction of sp³-hybridized carbons (Fsp3) is 0.158. The number of ketones is 1. The minimum absolute atomic E-state index is 0.117. The van der Waals surface area contributed by atoms with Crippen LogP contribution in [0.25, 0.3) is 19.6 Å². The molecule has 0 saturated carbocycles. The van der Waals surface area contributed by atoms with Gasteiger partial charge in [-0.3, -0.25) is 9.59 Å². The molecule has 0 bridgehead atoms. The van der Waals surface area contributed by atoms with Gasteiger partial charge in [0.15, 0.2) is 11.5 Å². The minimum atomic E-state index is -0.446. The topological polar surface area (TPSA) is 124 Å². The van der Waals surface area contributed by atoms with E-state index < -0.39 is 5.56 Å². The van der Waals surface area contributed by atoms with Crippen molar-refractivity contribution in [2.75, 3.05) is 27.1 Å². The number of carbonyl (C=O) groups excluding carboxylic acids is 1. The normalized spacial score (nSPS) is 11.1. The molecule has 0 unspecified atom stereocenters. The van der Waals surface area contributed by atoms with Crippen molar-refractivity contribution in [3.05, 3.63) is 39.0 Å². The zero-order valence-electron chi connectivity index (χ0n) is 15.6. The monoisotopic (exact) mass is 432 g/mol. The predicted molar refractivity (Wildman–Crippen MR) is 113 cm³/mol. The molecular formula is C19H16N2O6S2. The summed E-state index contributed by atoms with van der Waals surface area (Å²) >= 11 is 2.46. The Morgan fingerprint density at radius 2 is 1.72 bits per heavy atom. The molecule has 4 rings (SSSR count). The standard InChI is InChI=1S/C19H16N2O6S2/c1-25-9-4-7(5-10(26-2)16(9)27-3)15(24)18-13(20)12-14-17(28-19(12)29-18)8(22)6-11(23)21-14/h4-6H,20H2,1-3H3,(H2,21,22,23). The second-order valence-electron chi connectivity index (χ2n) is 6.08. The van der Waals surface area contributed by atoms with E-state index in [-0.39, 0.29) is 17.2 Å². The number of rotatable bonds is 5. The maximum atomic E-state index is 13.2. The number of methoxy groups -OCH3 is 3. The number of pyridine rings is 1. The average molecular weight is 432 g/mol. The van der Waals surface area contributed by atoms with Gasteiger partial charge in [-0.15, -0.1) is 22.7 Å². The number of aromatic amines is 1. The summed E-state index contributed by atoms with van der Waals surface area (Å²) in [4.78, 5) is 28.0. The van der Waals surface area contributed by atoms with Gasteiger partial charge in [0, 0.05) is 11.6 Å². The molecule has 0 fully saturated rings. The molecule has 0 atom stereocenters. The Bertz CT molecular complexity index is 1310. The Kier molecular flexibility index (Phi) is 4.59. The molecule has 0 radical (unpaired) electrons. The maximum Gasteiger partial charge on any atom is 0.252 e. The molecular weight excluding hydrogens is 416 g/mol. The number of hydrogen-bond acceptors (Lipinski definition) is 9. The summed E-state index contributed by atoms with van der Waals surface area (Å²) in [6.07, 6.45) is 0. The zero-order valence-corrected chi connectivity index (χ0v) is 17.2. The van der Waals surface area contributed by atoms with Gasteiger partial charge in [0.05, 0.1) is 46.6 Å². The second kappa shape index (κ2) is 6.98. The number of nitrogens with one attached hydrogen (secondary N) is 1. The largest absolute Gasteiger partial charge is 0.506 e. The Balaban J connectivity index is 1.90. The number of nitrogens with two attached hydrogens (primary N) is 1. The molecule has 150 valence electrons. The van der Waals surface area contributed by atoms with Gasteiger partial charge < -0.3 is 30.0 Å². The number of H-pyrrole nitrogens is 1. The molecule has 0 aliphatic heterocycles. The minimum Gasteiger partial charge on any atom is -0.506 e. The van der Waals surface area contributed by atoms with Gasteiger partial charge >= 0.3 is 0 Å². The highest BCUT2D eigenvalue weighted by Crippen LogP contribution is 2.46. The lowest BCUT2D eigenvalue weighted by Crippen LogP contribution is -2.05. The molecule has 0 saturated heterocycles. The highest BCUT2D eigenvalue weighted by Gasteiger charge is 2.25. The van der Waals surface area contributed by atoms with Crippen molar-refractivity contribution in [1.82, 2.24) is 4.98 Å². The first-order valence-electron chi connectivity index (χ1n) is 8.31. The summed E-state index contributed by atoms with van der Waals surface area (Å²) in [7, 11) is 4.42. The van der Waals surface area contributed by atoms with Crippen molar-refractivity contribution in [2.24, 2.45) is 0 Å². The summed E-state index contributed by atoms with van der Waals surface area (Å²) < 4.78 is 17.2. The first kappa shape index (κ1) is 19.1. The van der Waals surface area contributed by atoms with E-state index >= 15 is 0 Å². The summed E-state index contributed by atoms with van der Waals surface area (Å²) in [6.45, 7) is 0. The van der Waals surface area contributed by atoms with E-state index in [4.69, 9.17) is 19.9 Å². The number of ether oxygens (including phenoxy) is 3. The van der Waals surface area contributed by atoms with Crippen LogP contribution >= 0.6 is 22.7 Å². The molecule has 29 heavy (non-hydrogen) atoms. The highest BCUT2D eigenvalue weighted by molar-refractivity contribution is 7.42. The predicted octanol–water partition coefficient (Wildman–Crippen LogP) is 3.35. The van der Waals surface area contributed by atoms with Crippen molar-refractivity contribution in [3.63, 3.8) is 0 Å². The number of anilines is 1. The van der Waals surface area contributed by atoms with Gasteiger partial charge in [-0.25, -0.2) is 0 Å². The third-order valence-electron chi connectivity index (χ3n) is 4.47. The molecule has 8 nitrogen and oxygen atoms in total. The van der Waals surface area contributed by atoms with Crippen molar-refractivity contribution in [3.8, 4) is 23.0 Å². The Morgan fingerprint density at radius 1 is 1.07 bits per heavy atom. The molecule has 1 aromatic carbocycles. The highest BCUT2D eigenvalue weighted by atomic mass is 32.2. The third kappa shape index (κ3) is 2.88. The van der Waals surface area contributed by atoms with Crippen LogP contribution in [0, 0.1) is 0 Å². The number of fused-ring (bicyclic) bond motifs is 3. The van der Waals surface area contributed by atoms with Crippen LogP contribution in [0.15, 0.2) is 23.0 Å². The van der Waals surface area contributed by atoms with E-state index in [1.165, 1.54) is 44.0 Å². The molecule has 0 aliphatic rings. The number of aromatic nitrogens is 1. The lowest BCUT2D eigenvalue weighted by atomic mass is 10.1. The molecule has 10 heteroatoms. The second-order valence-corrected chi connectivity index (χ2v) is 8.38. The van der Waals surface area contributed by atoms with Crippen LogP contribution in [0.4, 0.5) is 5.69 Å². The van der Waals surface area contributed by atoms with E-state index in [0.29, 0.717) is 43.3 Å². The van der Waals surface area contributed by atoms with Gasteiger partial charge in [0.1, 0.15) is 10.6 Å². The van der Waals surface area contributed by atoms with Crippen molar-refractivity contribution in [2.45, 2.75) is 0 Å². The SMILES string of the molecule is COc1cc(C(=O)c2sc3sc4c(O)cc(=O)[nH]c4c3c2N)cc(OC)c1OC. The Morgan fingerprint density at radius 3 is 2.31 bits per heavy atom. The van der Waals surface area contributed by atoms with Crippen LogP contribution in [0.2, 0.25) is 0 Å². The summed E-state index contributed by atoms with van der Waals surface area (Å²) in [6, 6.07) is 4.23. The van der Waals surface area contributed by atoms with E-state index in [0.717, 1.165) is 10.1 Å². The van der Waals surface area contributed by atoms with Crippen LogP contribution in [0.5, 0.6) is 23.0 Å². The smallest absolute Gasteiger partial charge is 0.252 e. The molecule has 4 N–H and O–H groups in total. The molecule has 0 amide bonds. The van der Waals surface area contributed by atoms with Crippen LogP contribution in [0.1, 0.15) is 15.2 Å². The fourth-order valence-electron chi connectivity index (χ4n) is 3.15. The zero-order chi connectivity index (χ0) is 20.9. The van der Waals surface area contributed by atoms with Crippen molar-refractivity contribution < 1.29 is 24.1 Å². The van der Waals surface area contributed by atoms with E-state index in [1.54, 1.807) is 12.1 Å². The molecule has 0 spiro atoms. The lowest BCUT2D eigenvalue weighted by molar-refractivity contribution is 0.104. The molecule has 3 aromatic heterocycles. The average Bonchev–Trinajstić information content (AvgIpc) is 3.23. The lowest BCUT2D eigenvalue weighted by Gasteiger charge is -2.13. The molecule has 0 aliphatic carbocycles. The van der Waals surface area contributed by atoms with E-state index in [9.17, 15) is 14.7 Å². The number of benzene rings is 1.